The van der Waals surface area contributed by atoms with Crippen LogP contribution < -0.4 is 5.32 Å². The highest BCUT2D eigenvalue weighted by atomic mass is 32.2. The van der Waals surface area contributed by atoms with Gasteiger partial charge in [0.05, 0.1) is 24.1 Å². The first-order valence-corrected chi connectivity index (χ1v) is 8.14. The van der Waals surface area contributed by atoms with Crippen LogP contribution in [0.2, 0.25) is 0 Å². The van der Waals surface area contributed by atoms with Gasteiger partial charge in [-0.2, -0.15) is 0 Å². The van der Waals surface area contributed by atoms with E-state index in [1.807, 2.05) is 4.90 Å². The molecule has 1 saturated carbocycles. The molecule has 2 saturated heterocycles. The van der Waals surface area contributed by atoms with Gasteiger partial charge in [0.2, 0.25) is 5.91 Å². The number of piperazine rings is 1. The Kier molecular flexibility index (Phi) is 2.66. The molecule has 1 amide bonds. The summed E-state index contributed by atoms with van der Waals surface area (Å²) < 4.78 is 23.4. The standard InChI is InChI=1S/C11H18N2O3S/c14-11-5-12-9-6-17(15,16)7-10(9)13(11)8-3-1-2-4-8/h8-10,12H,1-7H2. The smallest absolute Gasteiger partial charge is 0.237 e. The van der Waals surface area contributed by atoms with Crippen LogP contribution in [0, 0.1) is 0 Å². The lowest BCUT2D eigenvalue weighted by Crippen LogP contribution is -2.62. The van der Waals surface area contributed by atoms with Crippen LogP contribution in [0.5, 0.6) is 0 Å². The molecule has 0 aromatic carbocycles. The van der Waals surface area contributed by atoms with E-state index in [0.717, 1.165) is 25.7 Å². The molecule has 0 radical (unpaired) electrons. The van der Waals surface area contributed by atoms with E-state index in [0.29, 0.717) is 6.54 Å². The first-order chi connectivity index (χ1) is 8.07. The van der Waals surface area contributed by atoms with Gasteiger partial charge in [0.25, 0.3) is 0 Å². The fourth-order valence-electron chi connectivity index (χ4n) is 3.45. The van der Waals surface area contributed by atoms with Gasteiger partial charge in [0, 0.05) is 12.1 Å². The summed E-state index contributed by atoms with van der Waals surface area (Å²) in [6, 6.07) is 0.119. The van der Waals surface area contributed by atoms with Crippen LogP contribution in [-0.2, 0) is 14.6 Å². The maximum Gasteiger partial charge on any atom is 0.237 e. The lowest BCUT2D eigenvalue weighted by molar-refractivity contribution is -0.138. The van der Waals surface area contributed by atoms with E-state index >= 15 is 0 Å². The summed E-state index contributed by atoms with van der Waals surface area (Å²) >= 11 is 0. The lowest BCUT2D eigenvalue weighted by Gasteiger charge is -2.41. The van der Waals surface area contributed by atoms with Crippen molar-refractivity contribution in [3.63, 3.8) is 0 Å². The Morgan fingerprint density at radius 1 is 1.18 bits per heavy atom. The first-order valence-electron chi connectivity index (χ1n) is 6.32. The number of hydrogen-bond acceptors (Lipinski definition) is 4. The van der Waals surface area contributed by atoms with Crippen LogP contribution in [0.15, 0.2) is 0 Å². The van der Waals surface area contributed by atoms with Crippen molar-refractivity contribution in [3.8, 4) is 0 Å². The maximum absolute atomic E-state index is 12.0. The molecule has 0 aromatic heterocycles. The van der Waals surface area contributed by atoms with Gasteiger partial charge in [-0.05, 0) is 12.8 Å². The Morgan fingerprint density at radius 3 is 2.59 bits per heavy atom. The highest BCUT2D eigenvalue weighted by Crippen LogP contribution is 2.30. The molecule has 1 N–H and O–H groups in total. The van der Waals surface area contributed by atoms with Crippen molar-refractivity contribution in [3.05, 3.63) is 0 Å². The van der Waals surface area contributed by atoms with Gasteiger partial charge in [0.15, 0.2) is 9.84 Å². The molecule has 2 aliphatic heterocycles. The van der Waals surface area contributed by atoms with Crippen LogP contribution >= 0.6 is 0 Å². The molecule has 3 aliphatic rings. The molecule has 96 valence electrons. The molecule has 17 heavy (non-hydrogen) atoms. The van der Waals surface area contributed by atoms with Crippen molar-refractivity contribution in [2.24, 2.45) is 0 Å². The molecule has 2 unspecified atom stereocenters. The van der Waals surface area contributed by atoms with E-state index < -0.39 is 9.84 Å². The number of rotatable bonds is 1. The molecule has 0 bridgehead atoms. The second-order valence-electron chi connectivity index (χ2n) is 5.37. The Morgan fingerprint density at radius 2 is 1.88 bits per heavy atom. The molecule has 2 heterocycles. The van der Waals surface area contributed by atoms with Crippen LogP contribution in [0.25, 0.3) is 0 Å². The third kappa shape index (κ3) is 1.97. The molecular weight excluding hydrogens is 240 g/mol. The summed E-state index contributed by atoms with van der Waals surface area (Å²) in [5.41, 5.74) is 0. The van der Waals surface area contributed by atoms with E-state index in [1.165, 1.54) is 0 Å². The number of carbonyl (C=O) groups is 1. The minimum Gasteiger partial charge on any atom is -0.333 e. The Hall–Kier alpha value is -0.620. The molecule has 2 atom stereocenters. The zero-order valence-electron chi connectivity index (χ0n) is 9.76. The third-order valence-corrected chi connectivity index (χ3v) is 5.92. The highest BCUT2D eigenvalue weighted by Gasteiger charge is 2.47. The average molecular weight is 258 g/mol. The number of fused-ring (bicyclic) bond motifs is 1. The van der Waals surface area contributed by atoms with Crippen LogP contribution in [-0.4, -0.2) is 55.4 Å². The molecular formula is C11H18N2O3S. The van der Waals surface area contributed by atoms with Gasteiger partial charge in [-0.3, -0.25) is 4.79 Å². The summed E-state index contributed by atoms with van der Waals surface area (Å²) in [6.07, 6.45) is 4.39. The molecule has 1 aliphatic carbocycles. The zero-order valence-corrected chi connectivity index (χ0v) is 10.6. The molecule has 5 nitrogen and oxygen atoms in total. The van der Waals surface area contributed by atoms with Gasteiger partial charge >= 0.3 is 0 Å². The number of sulfone groups is 1. The van der Waals surface area contributed by atoms with E-state index in [9.17, 15) is 13.2 Å². The van der Waals surface area contributed by atoms with Crippen LogP contribution in [0.1, 0.15) is 25.7 Å². The molecule has 0 aromatic rings. The Balaban J connectivity index is 1.86. The number of amides is 1. The summed E-state index contributed by atoms with van der Waals surface area (Å²) in [6.45, 7) is 0.299. The fraction of sp³-hybridized carbons (Fsp3) is 0.909. The maximum atomic E-state index is 12.0. The van der Waals surface area contributed by atoms with Crippen molar-refractivity contribution < 1.29 is 13.2 Å². The molecule has 0 spiro atoms. The van der Waals surface area contributed by atoms with E-state index in [4.69, 9.17) is 0 Å². The van der Waals surface area contributed by atoms with Crippen molar-refractivity contribution in [1.29, 1.82) is 0 Å². The number of nitrogens with zero attached hydrogens (tertiary/aromatic N) is 1. The highest BCUT2D eigenvalue weighted by molar-refractivity contribution is 7.91. The van der Waals surface area contributed by atoms with Crippen molar-refractivity contribution in [2.75, 3.05) is 18.1 Å². The predicted octanol–water partition coefficient (Wildman–Crippen LogP) is -0.474. The number of carbonyl (C=O) groups excluding carboxylic acids is 1. The van der Waals surface area contributed by atoms with Gasteiger partial charge in [-0.25, -0.2) is 8.42 Å². The predicted molar refractivity (Wildman–Crippen MR) is 63.3 cm³/mol. The summed E-state index contributed by atoms with van der Waals surface area (Å²) in [5, 5.41) is 3.07. The minimum absolute atomic E-state index is 0.0432. The zero-order chi connectivity index (χ0) is 12.0. The topological polar surface area (TPSA) is 66.5 Å². The summed E-state index contributed by atoms with van der Waals surface area (Å²) in [4.78, 5) is 13.9. The quantitative estimate of drug-likeness (QED) is 0.690. The lowest BCUT2D eigenvalue weighted by atomic mass is 10.0. The van der Waals surface area contributed by atoms with Crippen molar-refractivity contribution in [2.45, 2.75) is 43.8 Å². The molecule has 6 heteroatoms. The van der Waals surface area contributed by atoms with Crippen molar-refractivity contribution in [1.82, 2.24) is 10.2 Å². The van der Waals surface area contributed by atoms with Crippen LogP contribution in [0.3, 0.4) is 0 Å². The minimum atomic E-state index is -2.97. The normalized spacial score (nSPS) is 37.4. The summed E-state index contributed by atoms with van der Waals surface area (Å²) in [5.74, 6) is 0.413. The van der Waals surface area contributed by atoms with E-state index in [2.05, 4.69) is 5.32 Å². The second kappa shape index (κ2) is 3.95. The van der Waals surface area contributed by atoms with Gasteiger partial charge in [-0.1, -0.05) is 12.8 Å². The van der Waals surface area contributed by atoms with E-state index in [-0.39, 0.29) is 35.5 Å². The Labute approximate surface area is 101 Å². The monoisotopic (exact) mass is 258 g/mol. The van der Waals surface area contributed by atoms with E-state index in [1.54, 1.807) is 0 Å². The number of nitrogens with one attached hydrogen (secondary N) is 1. The summed E-state index contributed by atoms with van der Waals surface area (Å²) in [7, 11) is -2.97. The second-order valence-corrected chi connectivity index (χ2v) is 7.52. The van der Waals surface area contributed by atoms with Crippen molar-refractivity contribution >= 4 is 15.7 Å². The molecule has 3 fully saturated rings. The third-order valence-electron chi connectivity index (χ3n) is 4.20. The van der Waals surface area contributed by atoms with Gasteiger partial charge < -0.3 is 10.2 Å². The Bertz CT molecular complexity index is 428. The first kappa shape index (κ1) is 11.5. The largest absolute Gasteiger partial charge is 0.333 e. The number of hydrogen-bond donors (Lipinski definition) is 1. The van der Waals surface area contributed by atoms with Gasteiger partial charge in [0.1, 0.15) is 0 Å². The van der Waals surface area contributed by atoms with Crippen LogP contribution in [0.4, 0.5) is 0 Å². The molecule has 3 rings (SSSR count). The van der Waals surface area contributed by atoms with Gasteiger partial charge in [-0.15, -0.1) is 0 Å². The fourth-order valence-corrected chi connectivity index (χ4v) is 5.39. The SMILES string of the molecule is O=C1CNC2CS(=O)(=O)CC2N1C1CCCC1. The average Bonchev–Trinajstić information content (AvgIpc) is 2.83.